The summed E-state index contributed by atoms with van der Waals surface area (Å²) in [4.78, 5) is 6.77. The number of hydrogen-bond acceptors (Lipinski definition) is 10. The third kappa shape index (κ3) is 6.05. The Morgan fingerprint density at radius 3 is 2.63 bits per heavy atom. The summed E-state index contributed by atoms with van der Waals surface area (Å²) in [7, 11) is 1.50. The van der Waals surface area contributed by atoms with E-state index >= 15 is 0 Å². The van der Waals surface area contributed by atoms with E-state index in [4.69, 9.17) is 14.2 Å². The van der Waals surface area contributed by atoms with Crippen LogP contribution in [-0.2, 0) is 22.6 Å². The first-order chi connectivity index (χ1) is 20.9. The number of nitrogens with zero attached hydrogens (tertiary/aromatic N) is 6. The summed E-state index contributed by atoms with van der Waals surface area (Å²) in [6.45, 7) is 4.16. The number of fused-ring (bicyclic) bond motifs is 1. The molecule has 224 valence electrons. The monoisotopic (exact) mass is 584 g/mol. The molecule has 2 saturated heterocycles. The molecule has 2 aliphatic heterocycles. The molecule has 0 bridgehead atoms. The van der Waals surface area contributed by atoms with Gasteiger partial charge in [-0.05, 0) is 59.9 Å². The van der Waals surface area contributed by atoms with Gasteiger partial charge < -0.3 is 29.3 Å². The highest BCUT2D eigenvalue weighted by atomic mass is 16.7. The number of aliphatic hydroxyl groups excluding tert-OH is 2. The number of aliphatic hydroxyl groups is 2. The molecule has 2 aromatic heterocycles. The largest absolute Gasteiger partial charge is 0.470 e. The summed E-state index contributed by atoms with van der Waals surface area (Å²) in [5.74, 6) is -0.165. The Morgan fingerprint density at radius 2 is 1.84 bits per heavy atom. The lowest BCUT2D eigenvalue weighted by atomic mass is 9.92. The van der Waals surface area contributed by atoms with E-state index in [2.05, 4.69) is 56.6 Å². The standard InChI is InChI=1S/C32H36N6O5/c1-20-29(39)30(40)28(43-32(20)41-2)18-38-17-24(35-36-38)19-42-31-27(16-33)26(10-11-34-31)23-7-6-22-15-25(9-8-21(22)14-23)37-12-4-3-5-13-37/h6-11,14-15,17,20,28-30,32,39-40H,3-5,12-13,18-19H2,1-2H3/t20-,28-,29-,30-,32+/m1/s1. The van der Waals surface area contributed by atoms with Gasteiger partial charge >= 0.3 is 0 Å². The molecule has 2 aromatic carbocycles. The number of nitriles is 1. The molecular weight excluding hydrogens is 548 g/mol. The van der Waals surface area contributed by atoms with Crippen LogP contribution >= 0.6 is 0 Å². The van der Waals surface area contributed by atoms with Crippen molar-refractivity contribution in [1.29, 1.82) is 5.26 Å². The van der Waals surface area contributed by atoms with Crippen LogP contribution in [0.5, 0.6) is 5.88 Å². The Morgan fingerprint density at radius 1 is 1.05 bits per heavy atom. The van der Waals surface area contributed by atoms with Crippen LogP contribution in [0.2, 0.25) is 0 Å². The molecule has 0 unspecified atom stereocenters. The predicted molar refractivity (Wildman–Crippen MR) is 159 cm³/mol. The maximum Gasteiger partial charge on any atom is 0.232 e. The van der Waals surface area contributed by atoms with Crippen LogP contribution in [0.4, 0.5) is 5.69 Å². The number of methoxy groups -OCH3 is 1. The van der Waals surface area contributed by atoms with Gasteiger partial charge in [0, 0.05) is 43.6 Å². The molecule has 2 aliphatic rings. The van der Waals surface area contributed by atoms with E-state index in [-0.39, 0.29) is 24.9 Å². The van der Waals surface area contributed by atoms with Gasteiger partial charge in [-0.3, -0.25) is 0 Å². The second kappa shape index (κ2) is 12.7. The van der Waals surface area contributed by atoms with Crippen molar-refractivity contribution in [3.63, 3.8) is 0 Å². The molecule has 0 spiro atoms. The highest BCUT2D eigenvalue weighted by Gasteiger charge is 2.42. The van der Waals surface area contributed by atoms with Gasteiger partial charge in [-0.15, -0.1) is 5.10 Å². The third-order valence-electron chi connectivity index (χ3n) is 8.43. The highest BCUT2D eigenvalue weighted by Crippen LogP contribution is 2.33. The second-order valence-electron chi connectivity index (χ2n) is 11.3. The lowest BCUT2D eigenvalue weighted by molar-refractivity contribution is -0.272. The van der Waals surface area contributed by atoms with E-state index < -0.39 is 24.6 Å². The van der Waals surface area contributed by atoms with Gasteiger partial charge in [-0.25, -0.2) is 9.67 Å². The minimum Gasteiger partial charge on any atom is -0.470 e. The summed E-state index contributed by atoms with van der Waals surface area (Å²) in [5, 5.41) is 41.4. The number of aromatic nitrogens is 4. The number of benzene rings is 2. The smallest absolute Gasteiger partial charge is 0.232 e. The summed E-state index contributed by atoms with van der Waals surface area (Å²) in [6.07, 6.45) is 3.61. The predicted octanol–water partition coefficient (Wildman–Crippen LogP) is 3.66. The lowest BCUT2D eigenvalue weighted by Gasteiger charge is -2.40. The topological polar surface area (TPSA) is 139 Å². The molecule has 11 nitrogen and oxygen atoms in total. The molecule has 0 amide bonds. The van der Waals surface area contributed by atoms with Crippen molar-refractivity contribution in [2.45, 2.75) is 63.9 Å². The Hall–Kier alpha value is -4.08. The van der Waals surface area contributed by atoms with Crippen LogP contribution in [0.25, 0.3) is 21.9 Å². The summed E-state index contributed by atoms with van der Waals surface area (Å²) in [6, 6.07) is 16.9. The Balaban J connectivity index is 1.15. The summed E-state index contributed by atoms with van der Waals surface area (Å²) in [5.41, 5.74) is 3.75. The fourth-order valence-corrected chi connectivity index (χ4v) is 5.96. The van der Waals surface area contributed by atoms with Crippen LogP contribution < -0.4 is 9.64 Å². The molecule has 4 aromatic rings. The van der Waals surface area contributed by atoms with Gasteiger partial charge in [0.25, 0.3) is 0 Å². The van der Waals surface area contributed by atoms with Crippen molar-refractivity contribution in [3.05, 3.63) is 66.1 Å². The molecule has 2 N–H and O–H groups in total. The van der Waals surface area contributed by atoms with Gasteiger partial charge in [0.1, 0.15) is 36.1 Å². The zero-order valence-electron chi connectivity index (χ0n) is 24.3. The number of pyridine rings is 1. The van der Waals surface area contributed by atoms with Crippen LogP contribution in [0.3, 0.4) is 0 Å². The quantitative estimate of drug-likeness (QED) is 0.315. The Kier molecular flexibility index (Phi) is 8.54. The van der Waals surface area contributed by atoms with Crippen molar-refractivity contribution in [2.24, 2.45) is 5.92 Å². The van der Waals surface area contributed by atoms with E-state index in [9.17, 15) is 15.5 Å². The molecule has 0 saturated carbocycles. The summed E-state index contributed by atoms with van der Waals surface area (Å²) >= 11 is 0. The highest BCUT2D eigenvalue weighted by molar-refractivity contribution is 5.90. The average Bonchev–Trinajstić information content (AvgIpc) is 3.50. The van der Waals surface area contributed by atoms with Crippen LogP contribution in [0, 0.1) is 17.2 Å². The number of ether oxygens (including phenoxy) is 3. The fraction of sp³-hybridized carbons (Fsp3) is 0.438. The minimum atomic E-state index is -1.10. The molecule has 4 heterocycles. The van der Waals surface area contributed by atoms with Gasteiger partial charge in [0.05, 0.1) is 18.8 Å². The van der Waals surface area contributed by atoms with Crippen molar-refractivity contribution in [2.75, 3.05) is 25.1 Å². The molecule has 2 fully saturated rings. The molecule has 11 heteroatoms. The van der Waals surface area contributed by atoms with Gasteiger partial charge in [-0.2, -0.15) is 5.26 Å². The van der Waals surface area contributed by atoms with Gasteiger partial charge in [0.15, 0.2) is 6.29 Å². The minimum absolute atomic E-state index is 0.0383. The van der Waals surface area contributed by atoms with E-state index in [1.807, 2.05) is 12.1 Å². The normalized spacial score (nSPS) is 24.2. The van der Waals surface area contributed by atoms with Crippen molar-refractivity contribution < 1.29 is 24.4 Å². The molecule has 6 rings (SSSR count). The first-order valence-corrected chi connectivity index (χ1v) is 14.7. The third-order valence-corrected chi connectivity index (χ3v) is 8.43. The van der Waals surface area contributed by atoms with E-state index in [0.717, 1.165) is 35.0 Å². The number of rotatable bonds is 8. The fourth-order valence-electron chi connectivity index (χ4n) is 5.96. The number of piperidine rings is 1. The molecule has 43 heavy (non-hydrogen) atoms. The van der Waals surface area contributed by atoms with E-state index in [0.29, 0.717) is 11.3 Å². The van der Waals surface area contributed by atoms with Crippen molar-refractivity contribution in [1.82, 2.24) is 20.0 Å². The molecule has 0 aliphatic carbocycles. The van der Waals surface area contributed by atoms with Crippen LogP contribution in [-0.4, -0.2) is 75.0 Å². The van der Waals surface area contributed by atoms with Gasteiger partial charge in [-0.1, -0.05) is 30.3 Å². The zero-order valence-corrected chi connectivity index (χ0v) is 24.3. The van der Waals surface area contributed by atoms with Crippen molar-refractivity contribution >= 4 is 16.5 Å². The number of anilines is 1. The lowest BCUT2D eigenvalue weighted by Crippen LogP contribution is -2.55. The number of hydrogen-bond donors (Lipinski definition) is 2. The Bertz CT molecular complexity index is 1610. The summed E-state index contributed by atoms with van der Waals surface area (Å²) < 4.78 is 18.6. The van der Waals surface area contributed by atoms with E-state index in [1.165, 1.54) is 36.7 Å². The van der Waals surface area contributed by atoms with Gasteiger partial charge in [0.2, 0.25) is 5.88 Å². The molecule has 0 radical (unpaired) electrons. The van der Waals surface area contributed by atoms with Crippen LogP contribution in [0.15, 0.2) is 54.9 Å². The van der Waals surface area contributed by atoms with E-state index in [1.54, 1.807) is 19.3 Å². The van der Waals surface area contributed by atoms with Crippen LogP contribution in [0.1, 0.15) is 37.4 Å². The SMILES string of the molecule is CO[C@H]1O[C@H](Cn2cc(COc3nccc(-c4ccc5cc(N6CCCCC6)ccc5c4)c3C#N)nn2)[C@@H](O)[C@H](O)[C@H]1C. The Labute approximate surface area is 250 Å². The zero-order chi connectivity index (χ0) is 29.9. The average molecular weight is 585 g/mol. The maximum absolute atomic E-state index is 10.5. The maximum atomic E-state index is 10.5. The second-order valence-corrected chi connectivity index (χ2v) is 11.3. The molecule has 5 atom stereocenters. The molecular formula is C32H36N6O5. The first kappa shape index (κ1) is 29.0. The first-order valence-electron chi connectivity index (χ1n) is 14.7. The van der Waals surface area contributed by atoms with Crippen molar-refractivity contribution in [3.8, 4) is 23.1 Å².